The van der Waals surface area contributed by atoms with E-state index in [1.165, 1.54) is 35.3 Å². The van der Waals surface area contributed by atoms with Gasteiger partial charge < -0.3 is 29.7 Å². The first kappa shape index (κ1) is 25.0. The lowest BCUT2D eigenvalue weighted by Crippen LogP contribution is -2.35. The second kappa shape index (κ2) is 11.1. The van der Waals surface area contributed by atoms with Crippen LogP contribution < -0.4 is 10.2 Å². The molecule has 2 heterocycles. The van der Waals surface area contributed by atoms with E-state index in [0.717, 1.165) is 40.7 Å². The van der Waals surface area contributed by atoms with Gasteiger partial charge in [0.1, 0.15) is 12.5 Å². The predicted octanol–water partition coefficient (Wildman–Crippen LogP) is 4.96. The van der Waals surface area contributed by atoms with Crippen molar-refractivity contribution in [3.63, 3.8) is 0 Å². The van der Waals surface area contributed by atoms with Gasteiger partial charge in [0.15, 0.2) is 0 Å². The Morgan fingerprint density at radius 2 is 1.58 bits per heavy atom. The zero-order valence-electron chi connectivity index (χ0n) is 19.0. The Kier molecular flexibility index (Phi) is 8.41. The second-order valence-corrected chi connectivity index (χ2v) is 10.8. The lowest BCUT2D eigenvalue weighted by Gasteiger charge is -2.26. The van der Waals surface area contributed by atoms with Crippen LogP contribution in [0.5, 0.6) is 0 Å². The van der Waals surface area contributed by atoms with E-state index >= 15 is 0 Å². The van der Waals surface area contributed by atoms with Crippen molar-refractivity contribution >= 4 is 50.4 Å². The summed E-state index contributed by atoms with van der Waals surface area (Å²) in [7, 11) is 2.49. The monoisotopic (exact) mass is 580 g/mol. The van der Waals surface area contributed by atoms with Crippen LogP contribution in [0.4, 0.5) is 11.4 Å². The van der Waals surface area contributed by atoms with Gasteiger partial charge in [0, 0.05) is 53.4 Å². The van der Waals surface area contributed by atoms with Gasteiger partial charge in [-0.2, -0.15) is 0 Å². The molecule has 2 aromatic rings. The minimum atomic E-state index is -1.04. The molecule has 2 saturated carbocycles. The molecule has 2 atom stereocenters. The zero-order chi connectivity index (χ0) is 23.5. The van der Waals surface area contributed by atoms with Crippen molar-refractivity contribution in [1.82, 2.24) is 0 Å². The molecular weight excluding hydrogens is 551 g/mol. The smallest absolute Gasteiger partial charge is 0.427 e. The van der Waals surface area contributed by atoms with Gasteiger partial charge in [0.05, 0.1) is 0 Å². The van der Waals surface area contributed by atoms with Gasteiger partial charge in [0.2, 0.25) is 0 Å². The first-order valence-electron chi connectivity index (χ1n) is 11.4. The molecule has 2 aliphatic carbocycles. The van der Waals surface area contributed by atoms with Crippen LogP contribution in [0.25, 0.3) is 0 Å². The number of benzene rings is 2. The molecular formula is C24H31BBr2N2O4. The molecule has 0 saturated heterocycles. The van der Waals surface area contributed by atoms with Crippen molar-refractivity contribution < 1.29 is 19.5 Å². The normalized spacial score (nSPS) is 22.3. The fourth-order valence-corrected chi connectivity index (χ4v) is 5.04. The van der Waals surface area contributed by atoms with E-state index < -0.39 is 7.12 Å². The largest absolute Gasteiger partial charge is 0.454 e. The van der Waals surface area contributed by atoms with E-state index in [2.05, 4.69) is 72.4 Å². The van der Waals surface area contributed by atoms with E-state index in [4.69, 9.17) is 19.5 Å². The number of hydrogen-bond acceptors (Lipinski definition) is 6. The summed E-state index contributed by atoms with van der Waals surface area (Å²) < 4.78 is 13.1. The summed E-state index contributed by atoms with van der Waals surface area (Å²) in [5.41, 5.74) is 5.27. The fourth-order valence-electron chi connectivity index (χ4n) is 4.23. The quantitative estimate of drug-likeness (QED) is 0.443. The standard InChI is InChI=1S/C12H14BrNO.C9H10BrNO.C3H7BO2/c1-15-12-7-8-6-9(13)2-5-11(8)14(12)10-3-4-10;1-12-9-5-6-4-7(10)2-3-8(6)11-9;5-4(6)3-1-2-3/h2,5-6,10,12H,3-4,7H2,1H3;2-4,9,11H,5H2,1H3;3,5-6H,1-2H2. The van der Waals surface area contributed by atoms with Crippen LogP contribution in [-0.4, -0.2) is 49.9 Å². The highest BCUT2D eigenvalue weighted by atomic mass is 79.9. The third-order valence-electron chi connectivity index (χ3n) is 6.35. The van der Waals surface area contributed by atoms with Gasteiger partial charge in [-0.05, 0) is 66.2 Å². The van der Waals surface area contributed by atoms with Crippen molar-refractivity contribution in [3.8, 4) is 0 Å². The van der Waals surface area contributed by atoms with Crippen LogP contribution in [0.3, 0.4) is 0 Å². The van der Waals surface area contributed by atoms with Gasteiger partial charge in [-0.3, -0.25) is 0 Å². The lowest BCUT2D eigenvalue weighted by molar-refractivity contribution is 0.105. The predicted molar refractivity (Wildman–Crippen MR) is 140 cm³/mol. The van der Waals surface area contributed by atoms with Gasteiger partial charge in [-0.25, -0.2) is 0 Å². The Bertz CT molecular complexity index is 956. The Labute approximate surface area is 213 Å². The third-order valence-corrected chi connectivity index (χ3v) is 7.34. The Morgan fingerprint density at radius 1 is 0.909 bits per heavy atom. The van der Waals surface area contributed by atoms with Crippen LogP contribution in [0.15, 0.2) is 45.3 Å². The van der Waals surface area contributed by atoms with Crippen molar-refractivity contribution in [2.24, 2.45) is 0 Å². The molecule has 0 amide bonds. The molecule has 0 bridgehead atoms. The first-order chi connectivity index (χ1) is 15.9. The van der Waals surface area contributed by atoms with Crippen LogP contribution in [0.1, 0.15) is 36.8 Å². The van der Waals surface area contributed by atoms with Gasteiger partial charge in [-0.1, -0.05) is 44.7 Å². The highest BCUT2D eigenvalue weighted by molar-refractivity contribution is 9.10. The molecule has 2 aromatic carbocycles. The van der Waals surface area contributed by atoms with E-state index in [1.54, 1.807) is 14.2 Å². The maximum atomic E-state index is 8.25. The summed E-state index contributed by atoms with van der Waals surface area (Å²) in [6.45, 7) is 0. The van der Waals surface area contributed by atoms with Crippen LogP contribution in [0, 0.1) is 0 Å². The van der Waals surface area contributed by atoms with Gasteiger partial charge in [0.25, 0.3) is 0 Å². The topological polar surface area (TPSA) is 74.2 Å². The average molecular weight is 582 g/mol. The number of rotatable bonds is 4. The fraction of sp³-hybridized carbons (Fsp3) is 0.500. The average Bonchev–Trinajstić information content (AvgIpc) is 3.73. The zero-order valence-corrected chi connectivity index (χ0v) is 22.2. The number of anilines is 2. The molecule has 2 fully saturated rings. The molecule has 0 spiro atoms. The van der Waals surface area contributed by atoms with E-state index in [1.807, 2.05) is 6.07 Å². The van der Waals surface area contributed by atoms with E-state index in [0.29, 0.717) is 0 Å². The molecule has 178 valence electrons. The van der Waals surface area contributed by atoms with Crippen molar-refractivity contribution in [2.75, 3.05) is 24.4 Å². The van der Waals surface area contributed by atoms with Crippen LogP contribution in [0.2, 0.25) is 5.82 Å². The number of methoxy groups -OCH3 is 2. The van der Waals surface area contributed by atoms with Gasteiger partial charge in [-0.15, -0.1) is 0 Å². The first-order valence-corrected chi connectivity index (χ1v) is 13.0. The summed E-state index contributed by atoms with van der Waals surface area (Å²) in [5.74, 6) is 0.213. The van der Waals surface area contributed by atoms with Gasteiger partial charge >= 0.3 is 7.12 Å². The number of nitrogens with one attached hydrogen (secondary N) is 1. The molecule has 2 unspecified atom stereocenters. The third kappa shape index (κ3) is 6.53. The van der Waals surface area contributed by atoms with E-state index in [-0.39, 0.29) is 18.3 Å². The van der Waals surface area contributed by atoms with Crippen molar-refractivity contribution in [1.29, 1.82) is 0 Å². The summed E-state index contributed by atoms with van der Waals surface area (Å²) in [4.78, 5) is 2.45. The molecule has 3 N–H and O–H groups in total. The number of nitrogens with zero attached hydrogens (tertiary/aromatic N) is 1. The van der Waals surface area contributed by atoms with Crippen LogP contribution >= 0.6 is 31.9 Å². The summed E-state index contributed by atoms with van der Waals surface area (Å²) in [5, 5.41) is 19.8. The highest BCUT2D eigenvalue weighted by Gasteiger charge is 2.39. The Balaban J connectivity index is 0.000000129. The molecule has 6 rings (SSSR count). The number of halogens is 2. The second-order valence-electron chi connectivity index (χ2n) is 8.93. The van der Waals surface area contributed by atoms with Crippen molar-refractivity contribution in [2.45, 2.75) is 62.8 Å². The van der Waals surface area contributed by atoms with Crippen molar-refractivity contribution in [3.05, 3.63) is 56.5 Å². The highest BCUT2D eigenvalue weighted by Crippen LogP contribution is 2.42. The molecule has 2 aliphatic heterocycles. The molecule has 9 heteroatoms. The Morgan fingerprint density at radius 3 is 2.12 bits per heavy atom. The number of hydrogen-bond donors (Lipinski definition) is 3. The molecule has 0 radical (unpaired) electrons. The van der Waals surface area contributed by atoms with E-state index in [9.17, 15) is 0 Å². The van der Waals surface area contributed by atoms with Crippen LogP contribution in [-0.2, 0) is 22.3 Å². The summed E-state index contributed by atoms with van der Waals surface area (Å²) in [6, 6.07) is 13.5. The minimum absolute atomic E-state index is 0.147. The molecule has 0 aromatic heterocycles. The maximum absolute atomic E-state index is 8.25. The Hall–Kier alpha value is -1.10. The SMILES string of the molecule is COC1Cc2cc(Br)ccc2N1.COC1Cc2cc(Br)ccc2N1C1CC1.OB(O)C1CC1. The number of ether oxygens (including phenoxy) is 2. The molecule has 4 aliphatic rings. The summed E-state index contributed by atoms with van der Waals surface area (Å²) in [6.07, 6.45) is 6.99. The summed E-state index contributed by atoms with van der Waals surface area (Å²) >= 11 is 6.96. The molecule has 6 nitrogen and oxygen atoms in total. The minimum Gasteiger partial charge on any atom is -0.427 e. The maximum Gasteiger partial charge on any atom is 0.454 e. The number of fused-ring (bicyclic) bond motifs is 2. The lowest BCUT2D eigenvalue weighted by atomic mass is 9.84. The molecule has 33 heavy (non-hydrogen) atoms.